The first-order chi connectivity index (χ1) is 11.9. The summed E-state index contributed by atoms with van der Waals surface area (Å²) in [6.45, 7) is 8.23. The number of carbonyl (C=O) groups excluding carboxylic acids is 1. The first kappa shape index (κ1) is 17.4. The molecule has 3 aromatic rings. The van der Waals surface area contributed by atoms with Crippen molar-refractivity contribution in [1.29, 1.82) is 0 Å². The molecule has 25 heavy (non-hydrogen) atoms. The Labute approximate surface area is 151 Å². The van der Waals surface area contributed by atoms with Crippen LogP contribution in [0, 0.1) is 13.8 Å². The Morgan fingerprint density at radius 3 is 2.72 bits per heavy atom. The molecule has 1 N–H and O–H groups in total. The zero-order chi connectivity index (χ0) is 18.0. The summed E-state index contributed by atoms with van der Waals surface area (Å²) in [7, 11) is 0. The summed E-state index contributed by atoms with van der Waals surface area (Å²) in [5.74, 6) is 0.968. The third kappa shape index (κ3) is 3.99. The quantitative estimate of drug-likeness (QED) is 0.697. The topological polar surface area (TPSA) is 51.2 Å². The van der Waals surface area contributed by atoms with Gasteiger partial charge in [0.25, 0.3) is 5.91 Å². The number of nitrogens with zero attached hydrogens (tertiary/aromatic N) is 1. The van der Waals surface area contributed by atoms with Crippen LogP contribution in [0.1, 0.15) is 36.5 Å². The lowest BCUT2D eigenvalue weighted by Crippen LogP contribution is -2.20. The second-order valence-electron chi connectivity index (χ2n) is 6.46. The van der Waals surface area contributed by atoms with Crippen LogP contribution in [0.4, 0.5) is 5.13 Å². The van der Waals surface area contributed by atoms with Crippen molar-refractivity contribution in [1.82, 2.24) is 4.98 Å². The van der Waals surface area contributed by atoms with E-state index in [0.717, 1.165) is 27.1 Å². The van der Waals surface area contributed by atoms with Gasteiger partial charge in [0.2, 0.25) is 0 Å². The number of anilines is 1. The van der Waals surface area contributed by atoms with E-state index in [2.05, 4.69) is 30.2 Å². The Kier molecular flexibility index (Phi) is 5.04. The maximum absolute atomic E-state index is 12.2. The minimum Gasteiger partial charge on any atom is -0.483 e. The third-order valence-electron chi connectivity index (χ3n) is 4.10. The predicted octanol–water partition coefficient (Wildman–Crippen LogP) is 5.05. The lowest BCUT2D eigenvalue weighted by Gasteiger charge is -2.12. The highest BCUT2D eigenvalue weighted by molar-refractivity contribution is 7.22. The summed E-state index contributed by atoms with van der Waals surface area (Å²) in [6, 6.07) is 12.1. The van der Waals surface area contributed by atoms with Crippen molar-refractivity contribution in [3.05, 3.63) is 53.1 Å². The number of hydrogen-bond donors (Lipinski definition) is 1. The van der Waals surface area contributed by atoms with E-state index >= 15 is 0 Å². The van der Waals surface area contributed by atoms with Gasteiger partial charge in [-0.1, -0.05) is 49.4 Å². The molecule has 0 aliphatic rings. The van der Waals surface area contributed by atoms with Crippen molar-refractivity contribution < 1.29 is 9.53 Å². The van der Waals surface area contributed by atoms with Crippen LogP contribution in [0.25, 0.3) is 10.2 Å². The average molecular weight is 354 g/mol. The minimum absolute atomic E-state index is 0.0305. The smallest absolute Gasteiger partial charge is 0.264 e. The lowest BCUT2D eigenvalue weighted by molar-refractivity contribution is -0.118. The third-order valence-corrected chi connectivity index (χ3v) is 5.04. The summed E-state index contributed by atoms with van der Waals surface area (Å²) in [6.07, 6.45) is 0. The van der Waals surface area contributed by atoms with Gasteiger partial charge in [-0.05, 0) is 48.6 Å². The molecule has 0 bridgehead atoms. The normalized spacial score (nSPS) is 11.1. The van der Waals surface area contributed by atoms with Crippen molar-refractivity contribution in [3.63, 3.8) is 0 Å². The molecule has 1 aromatic heterocycles. The van der Waals surface area contributed by atoms with Crippen molar-refractivity contribution in [2.45, 2.75) is 33.6 Å². The molecular formula is C20H22N2O2S. The molecular weight excluding hydrogens is 332 g/mol. The molecule has 1 amide bonds. The van der Waals surface area contributed by atoms with Gasteiger partial charge in [0.1, 0.15) is 5.75 Å². The van der Waals surface area contributed by atoms with E-state index in [1.807, 2.05) is 44.2 Å². The monoisotopic (exact) mass is 354 g/mol. The molecule has 5 heteroatoms. The molecule has 0 saturated carbocycles. The van der Waals surface area contributed by atoms with Crippen LogP contribution in [0.15, 0.2) is 36.4 Å². The highest BCUT2D eigenvalue weighted by atomic mass is 32.1. The van der Waals surface area contributed by atoms with Gasteiger partial charge in [-0.2, -0.15) is 0 Å². The van der Waals surface area contributed by atoms with Gasteiger partial charge in [0.05, 0.1) is 10.2 Å². The van der Waals surface area contributed by atoms with Crippen molar-refractivity contribution in [2.75, 3.05) is 11.9 Å². The molecule has 0 unspecified atom stereocenters. The number of rotatable bonds is 5. The zero-order valence-electron chi connectivity index (χ0n) is 14.9. The Morgan fingerprint density at radius 1 is 1.20 bits per heavy atom. The summed E-state index contributed by atoms with van der Waals surface area (Å²) < 4.78 is 6.79. The van der Waals surface area contributed by atoms with E-state index in [9.17, 15) is 4.79 Å². The van der Waals surface area contributed by atoms with E-state index < -0.39 is 0 Å². The molecule has 2 aromatic carbocycles. The minimum atomic E-state index is -0.203. The fraction of sp³-hybridized carbons (Fsp3) is 0.300. The zero-order valence-corrected chi connectivity index (χ0v) is 15.7. The summed E-state index contributed by atoms with van der Waals surface area (Å²) in [4.78, 5) is 16.7. The lowest BCUT2D eigenvalue weighted by atomic mass is 10.0. The first-order valence-corrected chi connectivity index (χ1v) is 9.15. The maximum atomic E-state index is 12.2. The fourth-order valence-corrected chi connectivity index (χ4v) is 3.53. The number of carbonyl (C=O) groups is 1. The van der Waals surface area contributed by atoms with Gasteiger partial charge in [-0.15, -0.1) is 0 Å². The van der Waals surface area contributed by atoms with E-state index in [1.54, 1.807) is 0 Å². The van der Waals surface area contributed by atoms with Crippen LogP contribution in [0.2, 0.25) is 0 Å². The Balaban J connectivity index is 1.66. The van der Waals surface area contributed by atoms with Gasteiger partial charge < -0.3 is 4.74 Å². The number of para-hydroxylation sites is 1. The molecule has 0 spiro atoms. The van der Waals surface area contributed by atoms with E-state index in [4.69, 9.17) is 4.74 Å². The van der Waals surface area contributed by atoms with Crippen molar-refractivity contribution >= 4 is 32.6 Å². The molecule has 0 aliphatic carbocycles. The van der Waals surface area contributed by atoms with Crippen LogP contribution in [-0.2, 0) is 4.79 Å². The maximum Gasteiger partial charge on any atom is 0.264 e. The Hall–Kier alpha value is -2.40. The second-order valence-corrected chi connectivity index (χ2v) is 7.49. The number of aromatic nitrogens is 1. The van der Waals surface area contributed by atoms with E-state index in [0.29, 0.717) is 11.0 Å². The number of benzene rings is 2. The standard InChI is InChI=1S/C20H22N2O2S/c1-12(2)15-9-8-13(3)16(10-15)24-11-18(23)21-20-22-19-14(4)6-5-7-17(19)25-20/h5-10,12H,11H2,1-4H3,(H,21,22,23). The fourth-order valence-electron chi connectivity index (χ4n) is 2.57. The number of amides is 1. The molecule has 0 saturated heterocycles. The number of aryl methyl sites for hydroxylation is 2. The van der Waals surface area contributed by atoms with Crippen molar-refractivity contribution in [3.8, 4) is 5.75 Å². The van der Waals surface area contributed by atoms with Gasteiger partial charge in [0, 0.05) is 0 Å². The number of thiazole rings is 1. The van der Waals surface area contributed by atoms with E-state index in [-0.39, 0.29) is 12.5 Å². The van der Waals surface area contributed by atoms with Crippen LogP contribution in [0.5, 0.6) is 5.75 Å². The molecule has 4 nitrogen and oxygen atoms in total. The Morgan fingerprint density at radius 2 is 2.00 bits per heavy atom. The largest absolute Gasteiger partial charge is 0.483 e. The van der Waals surface area contributed by atoms with Gasteiger partial charge in [0.15, 0.2) is 11.7 Å². The highest BCUT2D eigenvalue weighted by Gasteiger charge is 2.11. The molecule has 1 heterocycles. The van der Waals surface area contributed by atoms with Gasteiger partial charge >= 0.3 is 0 Å². The van der Waals surface area contributed by atoms with E-state index in [1.165, 1.54) is 16.9 Å². The van der Waals surface area contributed by atoms with Gasteiger partial charge in [-0.3, -0.25) is 10.1 Å². The van der Waals surface area contributed by atoms with Crippen LogP contribution in [-0.4, -0.2) is 17.5 Å². The highest BCUT2D eigenvalue weighted by Crippen LogP contribution is 2.28. The molecule has 0 atom stereocenters. The molecule has 0 radical (unpaired) electrons. The average Bonchev–Trinajstić information content (AvgIpc) is 2.97. The SMILES string of the molecule is Cc1ccc(C(C)C)cc1OCC(=O)Nc1nc2c(C)cccc2s1. The number of fused-ring (bicyclic) bond motifs is 1. The number of nitrogens with one attached hydrogen (secondary N) is 1. The summed E-state index contributed by atoms with van der Waals surface area (Å²) in [5.41, 5.74) is 4.26. The summed E-state index contributed by atoms with van der Waals surface area (Å²) in [5, 5.41) is 3.43. The molecule has 3 rings (SSSR count). The van der Waals surface area contributed by atoms with Crippen LogP contribution in [0.3, 0.4) is 0 Å². The number of ether oxygens (including phenoxy) is 1. The summed E-state index contributed by atoms with van der Waals surface area (Å²) >= 11 is 1.47. The van der Waals surface area contributed by atoms with Gasteiger partial charge in [-0.25, -0.2) is 4.98 Å². The number of hydrogen-bond acceptors (Lipinski definition) is 4. The molecule has 0 aliphatic heterocycles. The first-order valence-electron chi connectivity index (χ1n) is 8.33. The molecule has 0 fully saturated rings. The Bertz CT molecular complexity index is 915. The van der Waals surface area contributed by atoms with Crippen LogP contribution < -0.4 is 10.1 Å². The van der Waals surface area contributed by atoms with Crippen molar-refractivity contribution in [2.24, 2.45) is 0 Å². The predicted molar refractivity (Wildman–Crippen MR) is 104 cm³/mol. The molecule has 130 valence electrons. The second kappa shape index (κ2) is 7.23. The van der Waals surface area contributed by atoms with Crippen LogP contribution >= 0.6 is 11.3 Å².